The molecule has 0 radical (unpaired) electrons. The van der Waals surface area contributed by atoms with E-state index < -0.39 is 29.8 Å². The normalized spacial score (nSPS) is 29.0. The summed E-state index contributed by atoms with van der Waals surface area (Å²) in [5.41, 5.74) is -0.936. The number of rotatable bonds is 6. The topological polar surface area (TPSA) is 66.8 Å². The number of amides is 1. The van der Waals surface area contributed by atoms with Gasteiger partial charge >= 0.3 is 5.97 Å². The van der Waals surface area contributed by atoms with E-state index >= 15 is 0 Å². The van der Waals surface area contributed by atoms with Crippen molar-refractivity contribution in [3.63, 3.8) is 0 Å². The molecule has 1 aliphatic carbocycles. The minimum atomic E-state index is -2.85. The molecular weight excluding hydrogens is 308 g/mol. The molecule has 1 saturated heterocycles. The van der Waals surface area contributed by atoms with Gasteiger partial charge in [-0.25, -0.2) is 8.78 Å². The van der Waals surface area contributed by atoms with Crippen LogP contribution in [0.1, 0.15) is 40.0 Å². The zero-order chi connectivity index (χ0) is 17.4. The van der Waals surface area contributed by atoms with Crippen molar-refractivity contribution in [2.24, 2.45) is 17.3 Å². The molecule has 7 heteroatoms. The predicted octanol–water partition coefficient (Wildman–Crippen LogP) is 2.40. The Kier molecular flexibility index (Phi) is 4.99. The zero-order valence-electron chi connectivity index (χ0n) is 13.8. The quantitative estimate of drug-likeness (QED) is 0.810. The van der Waals surface area contributed by atoms with E-state index in [0.717, 1.165) is 6.92 Å². The van der Waals surface area contributed by atoms with Gasteiger partial charge in [0.15, 0.2) is 0 Å². The van der Waals surface area contributed by atoms with E-state index in [-0.39, 0.29) is 17.9 Å². The number of piperidine rings is 1. The minimum absolute atomic E-state index is 0.0957. The van der Waals surface area contributed by atoms with Crippen molar-refractivity contribution in [1.82, 2.24) is 4.90 Å². The van der Waals surface area contributed by atoms with Crippen LogP contribution >= 0.6 is 0 Å². The first-order valence-corrected chi connectivity index (χ1v) is 8.09. The van der Waals surface area contributed by atoms with E-state index in [4.69, 9.17) is 4.74 Å². The van der Waals surface area contributed by atoms with Crippen molar-refractivity contribution in [1.29, 1.82) is 0 Å². The van der Waals surface area contributed by atoms with Crippen LogP contribution in [0.25, 0.3) is 0 Å². The largest absolute Gasteiger partial charge is 0.481 e. The number of carboxylic acids is 1. The average molecular weight is 333 g/mol. The van der Waals surface area contributed by atoms with Crippen molar-refractivity contribution in [2.75, 3.05) is 19.7 Å². The summed E-state index contributed by atoms with van der Waals surface area (Å²) in [4.78, 5) is 25.7. The van der Waals surface area contributed by atoms with Gasteiger partial charge in [-0.05, 0) is 25.2 Å². The highest BCUT2D eigenvalue weighted by Gasteiger charge is 2.66. The number of ether oxygens (including phenoxy) is 1. The van der Waals surface area contributed by atoms with Gasteiger partial charge in [0.2, 0.25) is 5.91 Å². The van der Waals surface area contributed by atoms with Crippen LogP contribution in [0.2, 0.25) is 0 Å². The molecule has 2 aliphatic rings. The summed E-state index contributed by atoms with van der Waals surface area (Å²) in [6.45, 7) is 4.73. The molecule has 0 spiro atoms. The zero-order valence-corrected chi connectivity index (χ0v) is 13.8. The van der Waals surface area contributed by atoms with Gasteiger partial charge in [0, 0.05) is 20.0 Å². The second kappa shape index (κ2) is 6.34. The van der Waals surface area contributed by atoms with Gasteiger partial charge in [-0.3, -0.25) is 9.59 Å². The number of nitrogens with zero attached hydrogens (tertiary/aromatic N) is 1. The molecule has 1 N–H and O–H groups in total. The van der Waals surface area contributed by atoms with Crippen molar-refractivity contribution in [3.05, 3.63) is 0 Å². The van der Waals surface area contributed by atoms with Crippen LogP contribution in [-0.2, 0) is 14.3 Å². The van der Waals surface area contributed by atoms with E-state index in [2.05, 4.69) is 0 Å². The van der Waals surface area contributed by atoms with E-state index in [1.165, 1.54) is 0 Å². The maximum Gasteiger partial charge on any atom is 0.310 e. The minimum Gasteiger partial charge on any atom is -0.481 e. The van der Waals surface area contributed by atoms with Crippen LogP contribution in [0.3, 0.4) is 0 Å². The fourth-order valence-electron chi connectivity index (χ4n) is 3.44. The van der Waals surface area contributed by atoms with Crippen LogP contribution in [0.4, 0.5) is 8.78 Å². The predicted molar refractivity (Wildman–Crippen MR) is 79.2 cm³/mol. The van der Waals surface area contributed by atoms with E-state index in [9.17, 15) is 23.5 Å². The van der Waals surface area contributed by atoms with Gasteiger partial charge < -0.3 is 14.7 Å². The fraction of sp³-hybridized carbons (Fsp3) is 0.875. The van der Waals surface area contributed by atoms with Crippen molar-refractivity contribution >= 4 is 11.9 Å². The van der Waals surface area contributed by atoms with Gasteiger partial charge in [0.25, 0.3) is 5.92 Å². The number of alkyl halides is 2. The number of likely N-dealkylation sites (tertiary alicyclic amines) is 1. The Hall–Kier alpha value is -1.24. The monoisotopic (exact) mass is 333 g/mol. The Morgan fingerprint density at radius 2 is 1.91 bits per heavy atom. The molecule has 5 nitrogen and oxygen atoms in total. The van der Waals surface area contributed by atoms with Crippen molar-refractivity contribution in [2.45, 2.75) is 52.1 Å². The molecule has 1 amide bonds. The molecule has 2 fully saturated rings. The molecule has 1 heterocycles. The SMILES string of the molecule is CC(C)[C@]1(C(=O)O)C[C@H]1C(=O)N1CCC(OCC(C)(F)F)CC1. The summed E-state index contributed by atoms with van der Waals surface area (Å²) in [5, 5.41) is 9.42. The number of carboxylic acid groups (broad SMARTS) is 1. The second-order valence-electron chi connectivity index (χ2n) is 7.16. The first-order chi connectivity index (χ1) is 10.6. The van der Waals surface area contributed by atoms with Crippen LogP contribution in [0.5, 0.6) is 0 Å². The Morgan fingerprint density at radius 3 is 2.30 bits per heavy atom. The van der Waals surface area contributed by atoms with E-state index in [1.807, 2.05) is 13.8 Å². The van der Waals surface area contributed by atoms with Crippen LogP contribution < -0.4 is 0 Å². The lowest BCUT2D eigenvalue weighted by Crippen LogP contribution is -2.43. The third kappa shape index (κ3) is 3.82. The van der Waals surface area contributed by atoms with Gasteiger partial charge in [-0.15, -0.1) is 0 Å². The summed E-state index contributed by atoms with van der Waals surface area (Å²) in [6.07, 6.45) is 1.14. The molecule has 0 aromatic heterocycles. The van der Waals surface area contributed by atoms with Gasteiger partial charge in [0.05, 0.1) is 17.4 Å². The Morgan fingerprint density at radius 1 is 1.35 bits per heavy atom. The molecular formula is C16H25F2NO4. The Labute approximate surface area is 135 Å². The summed E-state index contributed by atoms with van der Waals surface area (Å²) in [5.74, 6) is -4.44. The van der Waals surface area contributed by atoms with Crippen LogP contribution in [-0.4, -0.2) is 53.6 Å². The summed E-state index contributed by atoms with van der Waals surface area (Å²) >= 11 is 0. The maximum atomic E-state index is 12.8. The first kappa shape index (κ1) is 18.1. The molecule has 0 aromatic carbocycles. The summed E-state index contributed by atoms with van der Waals surface area (Å²) in [7, 11) is 0. The number of halogens is 2. The highest BCUT2D eigenvalue weighted by atomic mass is 19.3. The van der Waals surface area contributed by atoms with Crippen molar-refractivity contribution in [3.8, 4) is 0 Å². The molecule has 132 valence electrons. The molecule has 2 rings (SSSR count). The van der Waals surface area contributed by atoms with Gasteiger partial charge in [0.1, 0.15) is 6.61 Å². The van der Waals surface area contributed by atoms with E-state index in [0.29, 0.717) is 32.4 Å². The number of aliphatic carboxylic acids is 1. The number of hydrogen-bond donors (Lipinski definition) is 1. The molecule has 0 aromatic rings. The van der Waals surface area contributed by atoms with Crippen molar-refractivity contribution < 1.29 is 28.2 Å². The highest BCUT2D eigenvalue weighted by Crippen LogP contribution is 2.58. The first-order valence-electron chi connectivity index (χ1n) is 8.09. The average Bonchev–Trinajstić information content (AvgIpc) is 3.21. The second-order valence-corrected chi connectivity index (χ2v) is 7.16. The lowest BCUT2D eigenvalue weighted by molar-refractivity contribution is -0.150. The molecule has 0 unspecified atom stereocenters. The summed E-state index contributed by atoms with van der Waals surface area (Å²) in [6, 6.07) is 0. The highest BCUT2D eigenvalue weighted by molar-refractivity contribution is 5.93. The third-order valence-electron chi connectivity index (χ3n) is 5.06. The number of hydrogen-bond acceptors (Lipinski definition) is 3. The molecule has 2 atom stereocenters. The molecule has 0 bridgehead atoms. The molecule has 1 saturated carbocycles. The Bertz CT molecular complexity index is 469. The lowest BCUT2D eigenvalue weighted by Gasteiger charge is -2.33. The maximum absolute atomic E-state index is 12.8. The fourth-order valence-corrected chi connectivity index (χ4v) is 3.44. The van der Waals surface area contributed by atoms with Gasteiger partial charge in [-0.1, -0.05) is 13.8 Å². The van der Waals surface area contributed by atoms with Crippen LogP contribution in [0.15, 0.2) is 0 Å². The van der Waals surface area contributed by atoms with Gasteiger partial charge in [-0.2, -0.15) is 0 Å². The lowest BCUT2D eigenvalue weighted by atomic mass is 9.89. The smallest absolute Gasteiger partial charge is 0.310 e. The third-order valence-corrected chi connectivity index (χ3v) is 5.06. The summed E-state index contributed by atoms with van der Waals surface area (Å²) < 4.78 is 30.8. The van der Waals surface area contributed by atoms with Crippen LogP contribution in [0, 0.1) is 17.3 Å². The Balaban J connectivity index is 1.84. The van der Waals surface area contributed by atoms with E-state index in [1.54, 1.807) is 4.90 Å². The number of carbonyl (C=O) groups excluding carboxylic acids is 1. The standard InChI is InChI=1S/C16H25F2NO4/c1-10(2)16(14(21)22)8-12(16)13(20)19-6-4-11(5-7-19)23-9-15(3,17)18/h10-12H,4-9H2,1-3H3,(H,21,22)/t12-,16+/m0/s1. The molecule has 1 aliphatic heterocycles. The number of carbonyl (C=O) groups is 2. The molecule has 23 heavy (non-hydrogen) atoms.